The van der Waals surface area contributed by atoms with Crippen LogP contribution in [0.1, 0.15) is 15.9 Å². The largest absolute Gasteiger partial charge is 0.366 e. The fraction of sp³-hybridized carbons (Fsp3) is 0.0526. The second kappa shape index (κ2) is 7.90. The SMILES string of the molecule is O=C(Nc1ccc(CNc2ccc(Br)cn2)cc1)c1ccc(F)cc1. The molecule has 2 N–H and O–H groups in total. The first kappa shape index (κ1) is 17.1. The lowest BCUT2D eigenvalue weighted by Gasteiger charge is -2.08. The van der Waals surface area contributed by atoms with Crippen molar-refractivity contribution in [3.63, 3.8) is 0 Å². The number of aromatic nitrogens is 1. The van der Waals surface area contributed by atoms with Crippen LogP contribution in [0.25, 0.3) is 0 Å². The third kappa shape index (κ3) is 4.87. The number of carbonyl (C=O) groups excluding carboxylic acids is 1. The summed E-state index contributed by atoms with van der Waals surface area (Å²) in [7, 11) is 0. The van der Waals surface area contributed by atoms with Crippen molar-refractivity contribution in [2.75, 3.05) is 10.6 Å². The van der Waals surface area contributed by atoms with E-state index in [4.69, 9.17) is 0 Å². The molecule has 25 heavy (non-hydrogen) atoms. The molecule has 4 nitrogen and oxygen atoms in total. The molecule has 0 fully saturated rings. The highest BCUT2D eigenvalue weighted by Gasteiger charge is 2.06. The van der Waals surface area contributed by atoms with Gasteiger partial charge in [0.15, 0.2) is 0 Å². The maximum absolute atomic E-state index is 12.9. The molecule has 0 saturated heterocycles. The zero-order valence-corrected chi connectivity index (χ0v) is 14.8. The molecular formula is C19H15BrFN3O. The summed E-state index contributed by atoms with van der Waals surface area (Å²) in [6, 6.07) is 16.7. The highest BCUT2D eigenvalue weighted by atomic mass is 79.9. The standard InChI is InChI=1S/C19H15BrFN3O/c20-15-5-10-18(23-12-15)22-11-13-1-8-17(9-2-13)24-19(25)14-3-6-16(21)7-4-14/h1-10,12H,11H2,(H,22,23)(H,24,25). The van der Waals surface area contributed by atoms with Crippen LogP contribution in [0.4, 0.5) is 15.9 Å². The first-order valence-electron chi connectivity index (χ1n) is 7.61. The first-order valence-corrected chi connectivity index (χ1v) is 8.41. The topological polar surface area (TPSA) is 54.0 Å². The lowest BCUT2D eigenvalue weighted by Crippen LogP contribution is -2.11. The number of anilines is 2. The molecule has 0 atom stereocenters. The minimum absolute atomic E-state index is 0.273. The van der Waals surface area contributed by atoms with Gasteiger partial charge in [-0.25, -0.2) is 9.37 Å². The summed E-state index contributed by atoms with van der Waals surface area (Å²) in [5.74, 6) is 0.149. The highest BCUT2D eigenvalue weighted by molar-refractivity contribution is 9.10. The third-order valence-corrected chi connectivity index (χ3v) is 3.99. The van der Waals surface area contributed by atoms with E-state index in [0.717, 1.165) is 15.9 Å². The van der Waals surface area contributed by atoms with Gasteiger partial charge >= 0.3 is 0 Å². The van der Waals surface area contributed by atoms with Crippen LogP contribution in [-0.2, 0) is 6.54 Å². The molecule has 2 aromatic carbocycles. The summed E-state index contributed by atoms with van der Waals surface area (Å²) in [6.07, 6.45) is 1.73. The van der Waals surface area contributed by atoms with Crippen LogP contribution in [0.5, 0.6) is 0 Å². The zero-order valence-electron chi connectivity index (χ0n) is 13.2. The molecule has 0 aliphatic carbocycles. The summed E-state index contributed by atoms with van der Waals surface area (Å²) < 4.78 is 13.8. The number of benzene rings is 2. The summed E-state index contributed by atoms with van der Waals surface area (Å²) in [5.41, 5.74) is 2.15. The molecule has 6 heteroatoms. The van der Waals surface area contributed by atoms with Crippen molar-refractivity contribution >= 4 is 33.3 Å². The Morgan fingerprint density at radius 2 is 1.72 bits per heavy atom. The molecule has 1 heterocycles. The predicted molar refractivity (Wildman–Crippen MR) is 100 cm³/mol. The maximum atomic E-state index is 12.9. The molecule has 0 saturated carbocycles. The lowest BCUT2D eigenvalue weighted by molar-refractivity contribution is 0.102. The molecule has 0 spiro atoms. The molecule has 3 rings (SSSR count). The van der Waals surface area contributed by atoms with Crippen LogP contribution in [0.15, 0.2) is 71.3 Å². The fourth-order valence-electron chi connectivity index (χ4n) is 2.18. The Kier molecular flexibility index (Phi) is 5.40. The number of hydrogen-bond donors (Lipinski definition) is 2. The van der Waals surface area contributed by atoms with Crippen LogP contribution in [0.2, 0.25) is 0 Å². The number of pyridine rings is 1. The smallest absolute Gasteiger partial charge is 0.255 e. The second-order valence-electron chi connectivity index (χ2n) is 5.37. The van der Waals surface area contributed by atoms with Gasteiger partial charge in [-0.15, -0.1) is 0 Å². The summed E-state index contributed by atoms with van der Waals surface area (Å²) in [4.78, 5) is 16.3. The van der Waals surface area contributed by atoms with Crippen LogP contribution in [-0.4, -0.2) is 10.9 Å². The Hall–Kier alpha value is -2.73. The van der Waals surface area contributed by atoms with Crippen molar-refractivity contribution in [2.24, 2.45) is 0 Å². The number of rotatable bonds is 5. The van der Waals surface area contributed by atoms with Crippen molar-refractivity contribution in [2.45, 2.75) is 6.54 Å². The minimum Gasteiger partial charge on any atom is -0.366 e. The molecule has 0 unspecified atom stereocenters. The number of hydrogen-bond acceptors (Lipinski definition) is 3. The zero-order chi connectivity index (χ0) is 17.6. The number of amides is 1. The molecule has 0 radical (unpaired) electrons. The van der Waals surface area contributed by atoms with Crippen molar-refractivity contribution in [3.05, 3.63) is 88.3 Å². The Bertz CT molecular complexity index is 849. The lowest BCUT2D eigenvalue weighted by atomic mass is 10.1. The fourth-order valence-corrected chi connectivity index (χ4v) is 2.42. The van der Waals surface area contributed by atoms with Gasteiger partial charge < -0.3 is 10.6 Å². The van der Waals surface area contributed by atoms with E-state index in [1.807, 2.05) is 36.4 Å². The maximum Gasteiger partial charge on any atom is 0.255 e. The predicted octanol–water partition coefficient (Wildman–Crippen LogP) is 4.85. The van der Waals surface area contributed by atoms with Crippen LogP contribution in [0.3, 0.4) is 0 Å². The van der Waals surface area contributed by atoms with Gasteiger partial charge in [0.2, 0.25) is 0 Å². The second-order valence-corrected chi connectivity index (χ2v) is 6.29. The molecule has 0 bridgehead atoms. The van der Waals surface area contributed by atoms with E-state index in [1.54, 1.807) is 6.20 Å². The molecule has 0 aliphatic rings. The quantitative estimate of drug-likeness (QED) is 0.644. The van der Waals surface area contributed by atoms with Gasteiger partial charge in [0.05, 0.1) is 0 Å². The Labute approximate surface area is 153 Å². The molecular weight excluding hydrogens is 385 g/mol. The van der Waals surface area contributed by atoms with Crippen LogP contribution in [0, 0.1) is 5.82 Å². The van der Waals surface area contributed by atoms with E-state index >= 15 is 0 Å². The van der Waals surface area contributed by atoms with Gasteiger partial charge in [0.25, 0.3) is 5.91 Å². The molecule has 126 valence electrons. The Morgan fingerprint density at radius 3 is 2.36 bits per heavy atom. The van der Waals surface area contributed by atoms with E-state index in [0.29, 0.717) is 17.8 Å². The minimum atomic E-state index is -0.367. The Balaban J connectivity index is 1.57. The van der Waals surface area contributed by atoms with Gasteiger partial charge in [0, 0.05) is 28.5 Å². The van der Waals surface area contributed by atoms with E-state index in [1.165, 1.54) is 24.3 Å². The highest BCUT2D eigenvalue weighted by Crippen LogP contribution is 2.14. The van der Waals surface area contributed by atoms with E-state index in [2.05, 4.69) is 31.5 Å². The molecule has 0 aliphatic heterocycles. The molecule has 3 aromatic rings. The summed E-state index contributed by atoms with van der Waals surface area (Å²) >= 11 is 3.35. The number of carbonyl (C=O) groups is 1. The average Bonchev–Trinajstić information content (AvgIpc) is 2.63. The summed E-state index contributed by atoms with van der Waals surface area (Å²) in [5, 5.41) is 6.01. The molecule has 1 amide bonds. The van der Waals surface area contributed by atoms with Crippen molar-refractivity contribution < 1.29 is 9.18 Å². The van der Waals surface area contributed by atoms with Crippen LogP contribution >= 0.6 is 15.9 Å². The van der Waals surface area contributed by atoms with Crippen molar-refractivity contribution in [3.8, 4) is 0 Å². The van der Waals surface area contributed by atoms with E-state index in [9.17, 15) is 9.18 Å². The number of halogens is 2. The third-order valence-electron chi connectivity index (χ3n) is 3.52. The number of nitrogens with zero attached hydrogens (tertiary/aromatic N) is 1. The van der Waals surface area contributed by atoms with Gasteiger partial charge in [-0.2, -0.15) is 0 Å². The van der Waals surface area contributed by atoms with Gasteiger partial charge in [0.1, 0.15) is 11.6 Å². The average molecular weight is 400 g/mol. The van der Waals surface area contributed by atoms with Gasteiger partial charge in [-0.05, 0) is 70.0 Å². The van der Waals surface area contributed by atoms with E-state index < -0.39 is 0 Å². The van der Waals surface area contributed by atoms with E-state index in [-0.39, 0.29) is 11.7 Å². The van der Waals surface area contributed by atoms with Gasteiger partial charge in [-0.1, -0.05) is 12.1 Å². The first-order chi connectivity index (χ1) is 12.1. The normalized spacial score (nSPS) is 10.3. The van der Waals surface area contributed by atoms with Crippen molar-refractivity contribution in [1.82, 2.24) is 4.98 Å². The van der Waals surface area contributed by atoms with Crippen molar-refractivity contribution in [1.29, 1.82) is 0 Å². The Morgan fingerprint density at radius 1 is 1.00 bits per heavy atom. The summed E-state index contributed by atoms with van der Waals surface area (Å²) in [6.45, 7) is 0.626. The monoisotopic (exact) mass is 399 g/mol. The molecule has 1 aromatic heterocycles. The van der Waals surface area contributed by atoms with Crippen LogP contribution < -0.4 is 10.6 Å². The van der Waals surface area contributed by atoms with Gasteiger partial charge in [-0.3, -0.25) is 4.79 Å². The number of nitrogens with one attached hydrogen (secondary N) is 2.